The Morgan fingerprint density at radius 1 is 1.10 bits per heavy atom. The summed E-state index contributed by atoms with van der Waals surface area (Å²) in [5, 5.41) is 4.42. The molecule has 2 rings (SSSR count). The summed E-state index contributed by atoms with van der Waals surface area (Å²) < 4.78 is 11.4. The van der Waals surface area contributed by atoms with Gasteiger partial charge >= 0.3 is 0 Å². The van der Waals surface area contributed by atoms with E-state index in [-0.39, 0.29) is 12.3 Å². The first kappa shape index (κ1) is 15.9. The summed E-state index contributed by atoms with van der Waals surface area (Å²) in [6, 6.07) is 10.4. The molecule has 0 radical (unpaired) electrons. The fourth-order valence-electron chi connectivity index (χ4n) is 2.47. The molecule has 0 aliphatic carbocycles. The lowest BCUT2D eigenvalue weighted by atomic mass is 10.0. The van der Waals surface area contributed by atoms with Gasteiger partial charge in [-0.2, -0.15) is 0 Å². The number of aryl methyl sites for hydroxylation is 1. The Morgan fingerprint density at radius 2 is 1.81 bits per heavy atom. The monoisotopic (exact) mass is 288 g/mol. The summed E-state index contributed by atoms with van der Waals surface area (Å²) >= 11 is 0. The number of ether oxygens (including phenoxy) is 2. The van der Waals surface area contributed by atoms with Crippen LogP contribution in [0.25, 0.3) is 10.9 Å². The Labute approximate surface area is 126 Å². The minimum Gasteiger partial charge on any atom is -0.351 e. The highest BCUT2D eigenvalue weighted by Gasteiger charge is 2.22. The molecule has 0 aliphatic rings. The van der Waals surface area contributed by atoms with Crippen molar-refractivity contribution in [2.24, 2.45) is 0 Å². The van der Waals surface area contributed by atoms with Crippen LogP contribution in [-0.2, 0) is 9.47 Å². The van der Waals surface area contributed by atoms with Crippen LogP contribution in [0.3, 0.4) is 0 Å². The fraction of sp³-hybridized carbons (Fsp3) is 0.471. The molecule has 1 aromatic carbocycles. The first-order valence-electron chi connectivity index (χ1n) is 7.47. The molecule has 0 fully saturated rings. The molecule has 1 unspecified atom stereocenters. The van der Waals surface area contributed by atoms with E-state index in [0.717, 1.165) is 22.2 Å². The molecule has 4 heteroatoms. The van der Waals surface area contributed by atoms with Gasteiger partial charge in [-0.05, 0) is 51.6 Å². The Morgan fingerprint density at radius 3 is 2.43 bits per heavy atom. The molecule has 1 heterocycles. The summed E-state index contributed by atoms with van der Waals surface area (Å²) in [5.74, 6) is 0. The highest BCUT2D eigenvalue weighted by atomic mass is 16.7. The average Bonchev–Trinajstić information content (AvgIpc) is 2.48. The molecule has 1 N–H and O–H groups in total. The Hall–Kier alpha value is -1.49. The molecule has 0 saturated carbocycles. The van der Waals surface area contributed by atoms with Crippen molar-refractivity contribution in [2.45, 2.75) is 33.1 Å². The van der Waals surface area contributed by atoms with Gasteiger partial charge in [-0.1, -0.05) is 12.1 Å². The lowest BCUT2D eigenvalue weighted by Crippen LogP contribution is -2.34. The Balaban J connectivity index is 2.34. The van der Waals surface area contributed by atoms with Crippen molar-refractivity contribution in [2.75, 3.05) is 20.3 Å². The van der Waals surface area contributed by atoms with E-state index in [1.165, 1.54) is 0 Å². The van der Waals surface area contributed by atoms with Gasteiger partial charge in [0.15, 0.2) is 6.29 Å². The van der Waals surface area contributed by atoms with Crippen LogP contribution in [-0.4, -0.2) is 31.5 Å². The van der Waals surface area contributed by atoms with Gasteiger partial charge in [-0.3, -0.25) is 4.98 Å². The second-order valence-electron chi connectivity index (χ2n) is 4.95. The number of aromatic nitrogens is 1. The van der Waals surface area contributed by atoms with Gasteiger partial charge in [-0.25, -0.2) is 0 Å². The van der Waals surface area contributed by atoms with Crippen LogP contribution < -0.4 is 5.32 Å². The zero-order valence-electron chi connectivity index (χ0n) is 13.2. The van der Waals surface area contributed by atoms with Crippen LogP contribution in [0.2, 0.25) is 0 Å². The molecular weight excluding hydrogens is 264 g/mol. The van der Waals surface area contributed by atoms with Crippen molar-refractivity contribution in [3.05, 3.63) is 41.6 Å². The number of hydrogen-bond donors (Lipinski definition) is 1. The van der Waals surface area contributed by atoms with Crippen molar-refractivity contribution in [3.8, 4) is 0 Å². The first-order valence-corrected chi connectivity index (χ1v) is 7.47. The molecular formula is C17H24N2O2. The number of fused-ring (bicyclic) bond motifs is 1. The zero-order chi connectivity index (χ0) is 15.2. The Kier molecular flexibility index (Phi) is 5.67. The number of benzene rings is 1. The minimum atomic E-state index is -0.291. The quantitative estimate of drug-likeness (QED) is 0.795. The van der Waals surface area contributed by atoms with E-state index < -0.39 is 0 Å². The molecule has 0 spiro atoms. The topological polar surface area (TPSA) is 43.4 Å². The maximum atomic E-state index is 5.72. The highest BCUT2D eigenvalue weighted by Crippen LogP contribution is 2.24. The van der Waals surface area contributed by atoms with Crippen LogP contribution in [0.4, 0.5) is 0 Å². The van der Waals surface area contributed by atoms with Gasteiger partial charge in [0.2, 0.25) is 0 Å². The van der Waals surface area contributed by atoms with Crippen molar-refractivity contribution in [3.63, 3.8) is 0 Å². The number of nitrogens with one attached hydrogen (secondary N) is 1. The van der Waals surface area contributed by atoms with E-state index in [4.69, 9.17) is 9.47 Å². The largest absolute Gasteiger partial charge is 0.351 e. The summed E-state index contributed by atoms with van der Waals surface area (Å²) in [6.07, 6.45) is -0.291. The molecule has 2 aromatic rings. The van der Waals surface area contributed by atoms with Gasteiger partial charge in [0.05, 0.1) is 11.6 Å². The maximum absolute atomic E-state index is 5.72. The standard InChI is InChI=1S/C17H24N2O2/c1-5-20-17(21-6-2)16(18-4)14-9-10-15-13(11-14)8-7-12(3)19-15/h7-11,16-18H,5-6H2,1-4H3. The van der Waals surface area contributed by atoms with Crippen LogP contribution in [0.1, 0.15) is 31.1 Å². The zero-order valence-corrected chi connectivity index (χ0v) is 13.2. The smallest absolute Gasteiger partial charge is 0.176 e. The van der Waals surface area contributed by atoms with E-state index >= 15 is 0 Å². The van der Waals surface area contributed by atoms with Crippen LogP contribution in [0.15, 0.2) is 30.3 Å². The van der Waals surface area contributed by atoms with Gasteiger partial charge < -0.3 is 14.8 Å². The summed E-state index contributed by atoms with van der Waals surface area (Å²) in [5.41, 5.74) is 3.18. The van der Waals surface area contributed by atoms with E-state index in [2.05, 4.69) is 34.6 Å². The third kappa shape index (κ3) is 3.79. The molecule has 4 nitrogen and oxygen atoms in total. The third-order valence-corrected chi connectivity index (χ3v) is 3.46. The van der Waals surface area contributed by atoms with Crippen molar-refractivity contribution in [1.82, 2.24) is 10.3 Å². The lowest BCUT2D eigenvalue weighted by molar-refractivity contribution is -0.154. The first-order chi connectivity index (χ1) is 10.2. The van der Waals surface area contributed by atoms with Crippen LogP contribution >= 0.6 is 0 Å². The SMILES string of the molecule is CCOC(OCC)C(NC)c1ccc2nc(C)ccc2c1. The van der Waals surface area contributed by atoms with Crippen molar-refractivity contribution in [1.29, 1.82) is 0 Å². The third-order valence-electron chi connectivity index (χ3n) is 3.46. The lowest BCUT2D eigenvalue weighted by Gasteiger charge is -2.27. The molecule has 0 amide bonds. The summed E-state index contributed by atoms with van der Waals surface area (Å²) in [6.45, 7) is 7.20. The molecule has 0 saturated heterocycles. The summed E-state index contributed by atoms with van der Waals surface area (Å²) in [7, 11) is 1.92. The Bertz CT molecular complexity index is 580. The molecule has 0 aliphatic heterocycles. The molecule has 21 heavy (non-hydrogen) atoms. The second-order valence-corrected chi connectivity index (χ2v) is 4.95. The number of nitrogens with zero attached hydrogens (tertiary/aromatic N) is 1. The van der Waals surface area contributed by atoms with Gasteiger partial charge in [0, 0.05) is 24.3 Å². The van der Waals surface area contributed by atoms with Gasteiger partial charge in [-0.15, -0.1) is 0 Å². The molecule has 0 bridgehead atoms. The fourth-order valence-corrected chi connectivity index (χ4v) is 2.47. The van der Waals surface area contributed by atoms with E-state index in [1.54, 1.807) is 0 Å². The normalized spacial score (nSPS) is 13.0. The van der Waals surface area contributed by atoms with Gasteiger partial charge in [0.25, 0.3) is 0 Å². The van der Waals surface area contributed by atoms with Crippen LogP contribution in [0, 0.1) is 6.92 Å². The summed E-state index contributed by atoms with van der Waals surface area (Å²) in [4.78, 5) is 4.54. The number of rotatable bonds is 7. The van der Waals surface area contributed by atoms with Crippen molar-refractivity contribution < 1.29 is 9.47 Å². The second kappa shape index (κ2) is 7.50. The number of pyridine rings is 1. The van der Waals surface area contributed by atoms with E-state index in [9.17, 15) is 0 Å². The molecule has 1 aromatic heterocycles. The van der Waals surface area contributed by atoms with Crippen LogP contribution in [0.5, 0.6) is 0 Å². The predicted molar refractivity (Wildman–Crippen MR) is 85.3 cm³/mol. The van der Waals surface area contributed by atoms with E-state index in [1.807, 2.05) is 33.9 Å². The molecule has 1 atom stereocenters. The molecule has 114 valence electrons. The van der Waals surface area contributed by atoms with Gasteiger partial charge in [0.1, 0.15) is 0 Å². The van der Waals surface area contributed by atoms with E-state index in [0.29, 0.717) is 13.2 Å². The number of hydrogen-bond acceptors (Lipinski definition) is 4. The van der Waals surface area contributed by atoms with Crippen molar-refractivity contribution >= 4 is 10.9 Å². The highest BCUT2D eigenvalue weighted by molar-refractivity contribution is 5.79. The number of likely N-dealkylation sites (N-methyl/N-ethyl adjacent to an activating group) is 1. The maximum Gasteiger partial charge on any atom is 0.176 e. The average molecular weight is 288 g/mol. The minimum absolute atomic E-state index is 0.00407. The predicted octanol–water partition coefficient (Wildman–Crippen LogP) is 3.20.